The third-order valence-electron chi connectivity index (χ3n) is 6.12. The summed E-state index contributed by atoms with van der Waals surface area (Å²) < 4.78 is 12.1. The molecule has 11 nitrogen and oxygen atoms in total. The number of aliphatic hydroxyl groups is 1. The number of carbonyl (C=O) groups is 2. The molecule has 1 aromatic heterocycles. The lowest BCUT2D eigenvalue weighted by Crippen LogP contribution is -2.40. The van der Waals surface area contributed by atoms with Crippen LogP contribution in [0.3, 0.4) is 0 Å². The number of benzene rings is 2. The highest BCUT2D eigenvalue weighted by Gasteiger charge is 2.31. The molecule has 0 bridgehead atoms. The molecule has 2 aliphatic heterocycles. The minimum Gasteiger partial charge on any atom is -0.497 e. The van der Waals surface area contributed by atoms with Crippen LogP contribution in [0.25, 0.3) is 11.0 Å². The summed E-state index contributed by atoms with van der Waals surface area (Å²) >= 11 is 0. The van der Waals surface area contributed by atoms with E-state index in [9.17, 15) is 19.5 Å². The second-order valence-electron chi connectivity index (χ2n) is 8.55. The molecular weight excluding hydrogens is 454 g/mol. The molecule has 0 radical (unpaired) electrons. The van der Waals surface area contributed by atoms with Crippen LogP contribution >= 0.6 is 0 Å². The lowest BCUT2D eigenvalue weighted by atomic mass is 10.2. The number of anilines is 2. The fourth-order valence-corrected chi connectivity index (χ4v) is 4.37. The van der Waals surface area contributed by atoms with Gasteiger partial charge in [-0.1, -0.05) is 0 Å². The molecule has 35 heavy (non-hydrogen) atoms. The number of amides is 2. The Morgan fingerprint density at radius 2 is 2.11 bits per heavy atom. The number of hydrogen-bond donors (Lipinski definition) is 3. The second-order valence-corrected chi connectivity index (χ2v) is 8.55. The van der Waals surface area contributed by atoms with Crippen LogP contribution in [0.1, 0.15) is 6.42 Å². The summed E-state index contributed by atoms with van der Waals surface area (Å²) in [4.78, 5) is 42.5. The van der Waals surface area contributed by atoms with Crippen molar-refractivity contribution in [3.63, 3.8) is 0 Å². The monoisotopic (exact) mass is 479 g/mol. The Labute approximate surface area is 200 Å². The molecule has 0 saturated carbocycles. The lowest BCUT2D eigenvalue weighted by Gasteiger charge is -2.22. The summed E-state index contributed by atoms with van der Waals surface area (Å²) in [7, 11) is 1.54. The molecule has 3 N–H and O–H groups in total. The largest absolute Gasteiger partial charge is 0.497 e. The average Bonchev–Trinajstić information content (AvgIpc) is 3.24. The number of ether oxygens (including phenoxy) is 2. The van der Waals surface area contributed by atoms with Gasteiger partial charge in [0.05, 0.1) is 42.7 Å². The molecule has 3 heterocycles. The van der Waals surface area contributed by atoms with Crippen LogP contribution in [0.5, 0.6) is 11.5 Å². The second kappa shape index (κ2) is 9.35. The van der Waals surface area contributed by atoms with Gasteiger partial charge in [-0.15, -0.1) is 0 Å². The predicted octanol–water partition coefficient (Wildman–Crippen LogP) is 0.492. The van der Waals surface area contributed by atoms with Crippen LogP contribution in [0.2, 0.25) is 0 Å². The van der Waals surface area contributed by atoms with E-state index in [-0.39, 0.29) is 49.5 Å². The first kappa shape index (κ1) is 22.8. The van der Waals surface area contributed by atoms with E-state index in [1.807, 2.05) is 0 Å². The molecule has 2 aromatic carbocycles. The van der Waals surface area contributed by atoms with E-state index in [0.717, 1.165) is 0 Å². The normalized spacial score (nSPS) is 18.2. The van der Waals surface area contributed by atoms with Crippen molar-refractivity contribution in [3.05, 3.63) is 52.9 Å². The molecule has 2 unspecified atom stereocenters. The van der Waals surface area contributed by atoms with E-state index in [0.29, 0.717) is 40.5 Å². The van der Waals surface area contributed by atoms with Crippen LogP contribution in [-0.4, -0.2) is 65.4 Å². The van der Waals surface area contributed by atoms with Gasteiger partial charge in [0.15, 0.2) is 6.61 Å². The lowest BCUT2D eigenvalue weighted by molar-refractivity contribution is -0.118. The quantitative estimate of drug-likeness (QED) is 0.446. The minimum absolute atomic E-state index is 0.0295. The van der Waals surface area contributed by atoms with Crippen LogP contribution in [0.15, 0.2) is 47.4 Å². The van der Waals surface area contributed by atoms with Crippen molar-refractivity contribution in [1.82, 2.24) is 14.9 Å². The highest BCUT2D eigenvalue weighted by atomic mass is 16.5. The molecule has 182 valence electrons. The maximum atomic E-state index is 12.6. The van der Waals surface area contributed by atoms with E-state index >= 15 is 0 Å². The van der Waals surface area contributed by atoms with Crippen molar-refractivity contribution >= 4 is 34.2 Å². The van der Waals surface area contributed by atoms with E-state index in [2.05, 4.69) is 15.6 Å². The van der Waals surface area contributed by atoms with Crippen molar-refractivity contribution in [1.29, 1.82) is 0 Å². The zero-order valence-electron chi connectivity index (χ0n) is 19.1. The van der Waals surface area contributed by atoms with E-state index in [1.165, 1.54) is 10.8 Å². The molecule has 3 aromatic rings. The molecule has 2 aliphatic rings. The molecule has 0 spiro atoms. The summed E-state index contributed by atoms with van der Waals surface area (Å²) in [6, 6.07) is 10.3. The molecule has 2 atom stereocenters. The predicted molar refractivity (Wildman–Crippen MR) is 128 cm³/mol. The first-order valence-electron chi connectivity index (χ1n) is 11.2. The number of aliphatic hydroxyl groups excluding tert-OH is 1. The summed E-state index contributed by atoms with van der Waals surface area (Å²) in [6.45, 7) is 0.639. The van der Waals surface area contributed by atoms with Crippen molar-refractivity contribution < 1.29 is 24.2 Å². The summed E-state index contributed by atoms with van der Waals surface area (Å²) in [5.74, 6) is 0.845. The standard InChI is InChI=1S/C24H25N5O6/c1-34-17-3-4-18-20(8-17)29(24(33)10-26-18)12-16(30)9-25-14-6-23(32)28(11-14)15-2-5-21-19(7-15)27-22(31)13-35-21/h2-5,7-8,10,14,16,25,30H,6,9,11-13H2,1H3,(H,27,31). The summed E-state index contributed by atoms with van der Waals surface area (Å²) in [6.07, 6.45) is 0.626. The van der Waals surface area contributed by atoms with Crippen LogP contribution in [-0.2, 0) is 16.1 Å². The van der Waals surface area contributed by atoms with Gasteiger partial charge in [0.2, 0.25) is 5.91 Å². The maximum Gasteiger partial charge on any atom is 0.269 e. The number of nitrogens with zero attached hydrogens (tertiary/aromatic N) is 3. The van der Waals surface area contributed by atoms with Gasteiger partial charge in [-0.3, -0.25) is 14.4 Å². The molecule has 11 heteroatoms. The molecule has 0 aliphatic carbocycles. The SMILES string of the molecule is COc1ccc2ncc(=O)n(CC(O)CNC3CC(=O)N(c4ccc5c(c4)NC(=O)CO5)C3)c2c1. The Morgan fingerprint density at radius 3 is 2.94 bits per heavy atom. The van der Waals surface area contributed by atoms with Gasteiger partial charge in [0, 0.05) is 37.3 Å². The molecule has 1 saturated heterocycles. The molecule has 1 fully saturated rings. The zero-order valence-corrected chi connectivity index (χ0v) is 19.1. The maximum absolute atomic E-state index is 12.6. The Balaban J connectivity index is 1.23. The minimum atomic E-state index is -0.871. The van der Waals surface area contributed by atoms with Crippen molar-refractivity contribution in [2.45, 2.75) is 25.1 Å². The van der Waals surface area contributed by atoms with Crippen molar-refractivity contribution in [2.75, 3.05) is 37.0 Å². The van der Waals surface area contributed by atoms with E-state index < -0.39 is 6.10 Å². The Morgan fingerprint density at radius 1 is 1.26 bits per heavy atom. The Hall–Kier alpha value is -3.96. The first-order valence-corrected chi connectivity index (χ1v) is 11.2. The van der Waals surface area contributed by atoms with Gasteiger partial charge in [0.1, 0.15) is 11.5 Å². The molecular formula is C24H25N5O6. The topological polar surface area (TPSA) is 135 Å². The van der Waals surface area contributed by atoms with Crippen molar-refractivity contribution in [3.8, 4) is 11.5 Å². The fourth-order valence-electron chi connectivity index (χ4n) is 4.37. The molecule has 2 amide bonds. The number of aromatic nitrogens is 2. The highest BCUT2D eigenvalue weighted by molar-refractivity contribution is 5.99. The number of hydrogen-bond acceptors (Lipinski definition) is 8. The van der Waals surface area contributed by atoms with Gasteiger partial charge >= 0.3 is 0 Å². The number of rotatable bonds is 7. The number of nitrogens with one attached hydrogen (secondary N) is 2. The third-order valence-corrected chi connectivity index (χ3v) is 6.12. The average molecular weight is 479 g/mol. The van der Waals surface area contributed by atoms with Gasteiger partial charge in [-0.25, -0.2) is 4.98 Å². The van der Waals surface area contributed by atoms with Crippen LogP contribution in [0.4, 0.5) is 11.4 Å². The van der Waals surface area contributed by atoms with Gasteiger partial charge in [0.25, 0.3) is 11.5 Å². The van der Waals surface area contributed by atoms with E-state index in [4.69, 9.17) is 9.47 Å². The van der Waals surface area contributed by atoms with Crippen molar-refractivity contribution in [2.24, 2.45) is 0 Å². The number of methoxy groups -OCH3 is 1. The number of fused-ring (bicyclic) bond motifs is 2. The van der Waals surface area contributed by atoms with Crippen LogP contribution < -0.4 is 30.6 Å². The first-order chi connectivity index (χ1) is 16.9. The van der Waals surface area contributed by atoms with Gasteiger partial charge in [-0.05, 0) is 30.3 Å². The number of carbonyl (C=O) groups excluding carboxylic acids is 2. The molecule has 5 rings (SSSR count). The van der Waals surface area contributed by atoms with Crippen LogP contribution in [0, 0.1) is 0 Å². The smallest absolute Gasteiger partial charge is 0.269 e. The summed E-state index contributed by atoms with van der Waals surface area (Å²) in [5, 5.41) is 16.6. The van der Waals surface area contributed by atoms with E-state index in [1.54, 1.807) is 48.4 Å². The Bertz CT molecular complexity index is 1360. The van der Waals surface area contributed by atoms with Gasteiger partial charge in [-0.2, -0.15) is 0 Å². The fraction of sp³-hybridized carbons (Fsp3) is 0.333. The Kier molecular flexibility index (Phi) is 6.10. The summed E-state index contributed by atoms with van der Waals surface area (Å²) in [5.41, 5.74) is 2.06. The third kappa shape index (κ3) is 4.68. The highest BCUT2D eigenvalue weighted by Crippen LogP contribution is 2.33. The zero-order chi connectivity index (χ0) is 24.5. The van der Waals surface area contributed by atoms with Gasteiger partial charge < -0.3 is 34.7 Å².